The topological polar surface area (TPSA) is 74.6 Å². The predicted molar refractivity (Wildman–Crippen MR) is 51.9 cm³/mol. The smallest absolute Gasteiger partial charge is 0.335 e. The number of aromatic carboxylic acids is 1. The highest BCUT2D eigenvalue weighted by Crippen LogP contribution is 2.48. The lowest BCUT2D eigenvalue weighted by atomic mass is 9.94. The fourth-order valence-electron chi connectivity index (χ4n) is 1.70. The van der Waals surface area contributed by atoms with Gasteiger partial charge in [0.05, 0.1) is 11.0 Å². The molecule has 0 aliphatic heterocycles. The van der Waals surface area contributed by atoms with Crippen molar-refractivity contribution in [2.45, 2.75) is 18.3 Å². The third-order valence-electron chi connectivity index (χ3n) is 2.82. The number of hydrogen-bond acceptors (Lipinski definition) is 2. The molecule has 1 aromatic carbocycles. The fraction of sp³-hybridized carbons (Fsp3) is 0.273. The molecule has 0 heterocycles. The lowest BCUT2D eigenvalue weighted by Crippen LogP contribution is -2.19. The normalized spacial score (nSPS) is 17.1. The summed E-state index contributed by atoms with van der Waals surface area (Å²) in [6, 6.07) is 6.17. The molecule has 1 saturated carbocycles. The molecule has 4 nitrogen and oxygen atoms in total. The summed E-state index contributed by atoms with van der Waals surface area (Å²) < 4.78 is 0. The second-order valence-electron chi connectivity index (χ2n) is 3.77. The SMILES string of the molecule is O=C(O)c1cccc(C2(C(=O)O)CC2)c1. The summed E-state index contributed by atoms with van der Waals surface area (Å²) in [5.41, 5.74) is -0.0965. The molecular weight excluding hydrogens is 196 g/mol. The monoisotopic (exact) mass is 206 g/mol. The van der Waals surface area contributed by atoms with Crippen LogP contribution in [0.5, 0.6) is 0 Å². The van der Waals surface area contributed by atoms with Gasteiger partial charge in [0.2, 0.25) is 0 Å². The maximum absolute atomic E-state index is 11.0. The van der Waals surface area contributed by atoms with Crippen LogP contribution in [0.25, 0.3) is 0 Å². The first-order valence-corrected chi connectivity index (χ1v) is 4.63. The summed E-state index contributed by atoms with van der Waals surface area (Å²) in [5.74, 6) is -1.90. The molecule has 1 aliphatic carbocycles. The molecule has 1 aliphatic rings. The van der Waals surface area contributed by atoms with Gasteiger partial charge in [0.1, 0.15) is 0 Å². The molecule has 0 saturated heterocycles. The Labute approximate surface area is 86.2 Å². The number of aliphatic carboxylic acids is 1. The molecular formula is C11H10O4. The lowest BCUT2D eigenvalue weighted by molar-refractivity contribution is -0.140. The van der Waals surface area contributed by atoms with E-state index in [1.807, 2.05) is 0 Å². The van der Waals surface area contributed by atoms with Crippen LogP contribution in [0.4, 0.5) is 0 Å². The van der Waals surface area contributed by atoms with Crippen molar-refractivity contribution in [1.82, 2.24) is 0 Å². The predicted octanol–water partition coefficient (Wildman–Crippen LogP) is 1.50. The van der Waals surface area contributed by atoms with E-state index in [2.05, 4.69) is 0 Å². The highest BCUT2D eigenvalue weighted by molar-refractivity contribution is 5.90. The zero-order valence-electron chi connectivity index (χ0n) is 7.93. The van der Waals surface area contributed by atoms with E-state index in [1.165, 1.54) is 12.1 Å². The summed E-state index contributed by atoms with van der Waals surface area (Å²) in [7, 11) is 0. The van der Waals surface area contributed by atoms with E-state index in [-0.39, 0.29) is 5.56 Å². The maximum Gasteiger partial charge on any atom is 0.335 e. The quantitative estimate of drug-likeness (QED) is 0.785. The molecule has 0 atom stereocenters. The van der Waals surface area contributed by atoms with Crippen molar-refractivity contribution in [2.75, 3.05) is 0 Å². The number of rotatable bonds is 3. The number of carboxylic acid groups (broad SMARTS) is 2. The standard InChI is InChI=1S/C11H10O4/c12-9(13)7-2-1-3-8(6-7)11(4-5-11)10(14)15/h1-3,6H,4-5H2,(H,12,13)(H,14,15). The number of hydrogen-bond donors (Lipinski definition) is 2. The van der Waals surface area contributed by atoms with Crippen LogP contribution in [0.15, 0.2) is 24.3 Å². The van der Waals surface area contributed by atoms with Gasteiger partial charge in [-0.1, -0.05) is 12.1 Å². The van der Waals surface area contributed by atoms with Gasteiger partial charge in [-0.2, -0.15) is 0 Å². The third-order valence-corrected chi connectivity index (χ3v) is 2.82. The van der Waals surface area contributed by atoms with Gasteiger partial charge in [-0.05, 0) is 30.5 Å². The Morgan fingerprint density at radius 3 is 2.33 bits per heavy atom. The second kappa shape index (κ2) is 3.08. The molecule has 78 valence electrons. The van der Waals surface area contributed by atoms with Crippen molar-refractivity contribution in [3.05, 3.63) is 35.4 Å². The molecule has 0 unspecified atom stereocenters. The maximum atomic E-state index is 11.0. The van der Waals surface area contributed by atoms with E-state index in [0.717, 1.165) is 0 Å². The van der Waals surface area contributed by atoms with Crippen LogP contribution < -0.4 is 0 Å². The molecule has 0 aromatic heterocycles. The number of benzene rings is 1. The van der Waals surface area contributed by atoms with Gasteiger partial charge in [-0.15, -0.1) is 0 Å². The average Bonchev–Trinajstić information content (AvgIpc) is 2.98. The zero-order chi connectivity index (χ0) is 11.1. The second-order valence-corrected chi connectivity index (χ2v) is 3.77. The van der Waals surface area contributed by atoms with Crippen LogP contribution in [0.1, 0.15) is 28.8 Å². The highest BCUT2D eigenvalue weighted by atomic mass is 16.4. The van der Waals surface area contributed by atoms with Crippen LogP contribution in [-0.2, 0) is 10.2 Å². The van der Waals surface area contributed by atoms with Crippen LogP contribution in [-0.4, -0.2) is 22.2 Å². The van der Waals surface area contributed by atoms with E-state index >= 15 is 0 Å². The van der Waals surface area contributed by atoms with Crippen molar-refractivity contribution < 1.29 is 19.8 Å². The summed E-state index contributed by atoms with van der Waals surface area (Å²) in [6.45, 7) is 0. The molecule has 0 radical (unpaired) electrons. The van der Waals surface area contributed by atoms with Gasteiger partial charge >= 0.3 is 11.9 Å². The molecule has 1 fully saturated rings. The van der Waals surface area contributed by atoms with Gasteiger partial charge in [-0.25, -0.2) is 4.79 Å². The van der Waals surface area contributed by atoms with Gasteiger partial charge in [0.15, 0.2) is 0 Å². The Kier molecular flexibility index (Phi) is 2.00. The van der Waals surface area contributed by atoms with E-state index in [1.54, 1.807) is 12.1 Å². The van der Waals surface area contributed by atoms with Crippen molar-refractivity contribution in [3.8, 4) is 0 Å². The summed E-state index contributed by atoms with van der Waals surface area (Å²) in [4.78, 5) is 21.7. The first-order chi connectivity index (χ1) is 7.06. The molecule has 15 heavy (non-hydrogen) atoms. The van der Waals surface area contributed by atoms with E-state index in [4.69, 9.17) is 10.2 Å². The van der Waals surface area contributed by atoms with Gasteiger partial charge < -0.3 is 10.2 Å². The Morgan fingerprint density at radius 2 is 1.87 bits per heavy atom. The van der Waals surface area contributed by atoms with Gasteiger partial charge in [0.25, 0.3) is 0 Å². The Morgan fingerprint density at radius 1 is 1.20 bits per heavy atom. The van der Waals surface area contributed by atoms with Crippen molar-refractivity contribution in [1.29, 1.82) is 0 Å². The summed E-state index contributed by atoms with van der Waals surface area (Å²) >= 11 is 0. The molecule has 0 amide bonds. The van der Waals surface area contributed by atoms with Gasteiger partial charge in [-0.3, -0.25) is 4.79 Å². The molecule has 4 heteroatoms. The zero-order valence-corrected chi connectivity index (χ0v) is 7.93. The van der Waals surface area contributed by atoms with Gasteiger partial charge in [0, 0.05) is 0 Å². The fourth-order valence-corrected chi connectivity index (χ4v) is 1.70. The van der Waals surface area contributed by atoms with E-state index in [0.29, 0.717) is 18.4 Å². The molecule has 0 spiro atoms. The van der Waals surface area contributed by atoms with E-state index < -0.39 is 17.4 Å². The molecule has 2 rings (SSSR count). The first-order valence-electron chi connectivity index (χ1n) is 4.63. The highest BCUT2D eigenvalue weighted by Gasteiger charge is 2.51. The van der Waals surface area contributed by atoms with Crippen LogP contribution in [0.2, 0.25) is 0 Å². The van der Waals surface area contributed by atoms with Crippen molar-refractivity contribution >= 4 is 11.9 Å². The largest absolute Gasteiger partial charge is 0.481 e. The molecule has 2 N–H and O–H groups in total. The minimum atomic E-state index is -1.03. The summed E-state index contributed by atoms with van der Waals surface area (Å²) in [5, 5.41) is 17.8. The Balaban J connectivity index is 2.42. The van der Waals surface area contributed by atoms with Crippen LogP contribution in [0, 0.1) is 0 Å². The Hall–Kier alpha value is -1.84. The van der Waals surface area contributed by atoms with Crippen molar-refractivity contribution in [3.63, 3.8) is 0 Å². The minimum Gasteiger partial charge on any atom is -0.481 e. The number of carboxylic acids is 2. The van der Waals surface area contributed by atoms with Crippen molar-refractivity contribution in [2.24, 2.45) is 0 Å². The first kappa shape index (κ1) is 9.71. The molecule has 1 aromatic rings. The number of carbonyl (C=O) groups is 2. The third kappa shape index (κ3) is 1.48. The van der Waals surface area contributed by atoms with E-state index in [9.17, 15) is 9.59 Å². The van der Waals surface area contributed by atoms with Crippen LogP contribution >= 0.6 is 0 Å². The minimum absolute atomic E-state index is 0.139. The Bertz CT molecular complexity index is 432. The van der Waals surface area contributed by atoms with Crippen LogP contribution in [0.3, 0.4) is 0 Å². The average molecular weight is 206 g/mol. The summed E-state index contributed by atoms with van der Waals surface area (Å²) in [6.07, 6.45) is 1.18. The molecule has 0 bridgehead atoms. The lowest BCUT2D eigenvalue weighted by Gasteiger charge is -2.10.